The first-order valence-corrected chi connectivity index (χ1v) is 3.82. The second-order valence-electron chi connectivity index (χ2n) is 1.66. The van der Waals surface area contributed by atoms with E-state index in [2.05, 4.69) is 9.58 Å². The van der Waals surface area contributed by atoms with Crippen molar-refractivity contribution in [2.45, 2.75) is 17.8 Å². The Labute approximate surface area is 75.0 Å². The molecule has 0 aliphatic rings. The van der Waals surface area contributed by atoms with Crippen molar-refractivity contribution in [1.29, 1.82) is 0 Å². The van der Waals surface area contributed by atoms with Crippen LogP contribution in [0.2, 0.25) is 0 Å². The molecule has 0 fully saturated rings. The lowest BCUT2D eigenvalue weighted by Crippen LogP contribution is -2.25. The molecule has 0 aromatic rings. The summed E-state index contributed by atoms with van der Waals surface area (Å²) >= 11 is 10.7. The molecule has 0 aromatic heterocycles. The minimum Gasteiger partial charge on any atom is -0.460 e. The van der Waals surface area contributed by atoms with Gasteiger partial charge < -0.3 is 4.74 Å². The predicted molar refractivity (Wildman–Crippen MR) is 42.5 cm³/mol. The molecule has 5 heteroatoms. The fourth-order valence-corrected chi connectivity index (χ4v) is 0.758. The molecule has 1 atom stereocenters. The molecule has 11 heavy (non-hydrogen) atoms. The summed E-state index contributed by atoms with van der Waals surface area (Å²) in [6.45, 7) is 8.43. The van der Waals surface area contributed by atoms with Crippen LogP contribution in [0.1, 0.15) is 6.92 Å². The van der Waals surface area contributed by atoms with Gasteiger partial charge in [0.15, 0.2) is 4.84 Å². The van der Waals surface area contributed by atoms with Crippen LogP contribution in [0.25, 0.3) is 4.85 Å². The Morgan fingerprint density at radius 2 is 2.27 bits per heavy atom. The van der Waals surface area contributed by atoms with Crippen molar-refractivity contribution in [2.24, 2.45) is 0 Å². The Kier molecular flexibility index (Phi) is 5.01. The van der Waals surface area contributed by atoms with Gasteiger partial charge >= 0.3 is 12.0 Å². The van der Waals surface area contributed by atoms with E-state index in [0.29, 0.717) is 0 Å². The molecular formula is C6H7Cl2NO2. The molecule has 3 nitrogen and oxygen atoms in total. The number of ether oxygens (including phenoxy) is 1. The Morgan fingerprint density at radius 3 is 2.55 bits per heavy atom. The van der Waals surface area contributed by atoms with Crippen LogP contribution in [0.5, 0.6) is 0 Å². The molecule has 0 aliphatic heterocycles. The van der Waals surface area contributed by atoms with Crippen LogP contribution in [0.15, 0.2) is 0 Å². The van der Waals surface area contributed by atoms with Gasteiger partial charge in [0, 0.05) is 0 Å². The number of hydrogen-bond acceptors (Lipinski definition) is 2. The Morgan fingerprint density at radius 1 is 1.73 bits per heavy atom. The number of nitrogens with zero attached hydrogens (tertiary/aromatic N) is 1. The highest BCUT2D eigenvalue weighted by atomic mass is 35.5. The second-order valence-corrected chi connectivity index (χ2v) is 2.82. The van der Waals surface area contributed by atoms with Crippen LogP contribution in [0.4, 0.5) is 0 Å². The quantitative estimate of drug-likeness (QED) is 0.390. The van der Waals surface area contributed by atoms with E-state index in [4.69, 9.17) is 29.8 Å². The Bertz CT molecular complexity index is 176. The lowest BCUT2D eigenvalue weighted by Gasteiger charge is -2.03. The molecule has 0 spiro atoms. The first-order chi connectivity index (χ1) is 5.13. The van der Waals surface area contributed by atoms with Crippen LogP contribution >= 0.6 is 23.2 Å². The van der Waals surface area contributed by atoms with Crippen molar-refractivity contribution in [3.05, 3.63) is 11.4 Å². The predicted octanol–water partition coefficient (Wildman–Crippen LogP) is 1.64. The average Bonchev–Trinajstić information content (AvgIpc) is 1.88. The Balaban J connectivity index is 4.06. The molecule has 0 aliphatic carbocycles. The van der Waals surface area contributed by atoms with Crippen molar-refractivity contribution in [1.82, 2.24) is 0 Å². The average molecular weight is 196 g/mol. The van der Waals surface area contributed by atoms with Gasteiger partial charge in [-0.3, -0.25) is 4.85 Å². The van der Waals surface area contributed by atoms with Gasteiger partial charge in [-0.05, 0) is 6.92 Å². The van der Waals surface area contributed by atoms with E-state index in [-0.39, 0.29) is 6.61 Å². The van der Waals surface area contributed by atoms with Crippen molar-refractivity contribution < 1.29 is 9.53 Å². The van der Waals surface area contributed by atoms with E-state index in [1.54, 1.807) is 6.92 Å². The lowest BCUT2D eigenvalue weighted by atomic mass is 10.4. The van der Waals surface area contributed by atoms with Crippen LogP contribution in [-0.2, 0) is 9.53 Å². The molecule has 0 amide bonds. The van der Waals surface area contributed by atoms with Crippen LogP contribution in [0, 0.1) is 6.57 Å². The van der Waals surface area contributed by atoms with E-state index < -0.39 is 16.8 Å². The SMILES string of the molecule is [C-]#[N+]C(C(=O)OCC)C(Cl)Cl. The molecule has 1 unspecified atom stereocenters. The fraction of sp³-hybridized carbons (Fsp3) is 0.667. The van der Waals surface area contributed by atoms with Crippen molar-refractivity contribution in [3.8, 4) is 0 Å². The largest absolute Gasteiger partial charge is 0.460 e. The number of carbonyl (C=O) groups excluding carboxylic acids is 1. The number of esters is 1. The third-order valence-corrected chi connectivity index (χ3v) is 1.38. The van der Waals surface area contributed by atoms with E-state index in [1.807, 2.05) is 0 Å². The van der Waals surface area contributed by atoms with E-state index in [9.17, 15) is 4.79 Å². The van der Waals surface area contributed by atoms with E-state index >= 15 is 0 Å². The highest BCUT2D eigenvalue weighted by Crippen LogP contribution is 2.12. The summed E-state index contributed by atoms with van der Waals surface area (Å²) in [5, 5.41) is 0. The summed E-state index contributed by atoms with van der Waals surface area (Å²) in [5.41, 5.74) is 0. The topological polar surface area (TPSA) is 30.7 Å². The van der Waals surface area contributed by atoms with E-state index in [0.717, 1.165) is 0 Å². The fourth-order valence-electron chi connectivity index (χ4n) is 0.440. The van der Waals surface area contributed by atoms with Gasteiger partial charge in [-0.1, -0.05) is 23.2 Å². The smallest absolute Gasteiger partial charge is 0.393 e. The second kappa shape index (κ2) is 5.22. The first kappa shape index (κ1) is 10.5. The standard InChI is InChI=1S/C6H7Cl2NO2/c1-3-11-6(10)4(9-2)5(7)8/h4-5H,3H2,1H3. The zero-order valence-electron chi connectivity index (χ0n) is 5.88. The summed E-state index contributed by atoms with van der Waals surface area (Å²) < 4.78 is 4.53. The van der Waals surface area contributed by atoms with Gasteiger partial charge in [-0.15, -0.1) is 0 Å². The molecule has 0 saturated heterocycles. The van der Waals surface area contributed by atoms with E-state index in [1.165, 1.54) is 0 Å². The maximum atomic E-state index is 10.8. The highest BCUT2D eigenvalue weighted by Gasteiger charge is 2.32. The molecule has 0 saturated carbocycles. The molecule has 0 N–H and O–H groups in total. The summed E-state index contributed by atoms with van der Waals surface area (Å²) in [4.78, 5) is 12.7. The molecular weight excluding hydrogens is 189 g/mol. The first-order valence-electron chi connectivity index (χ1n) is 2.94. The maximum Gasteiger partial charge on any atom is 0.393 e. The number of carbonyl (C=O) groups is 1. The summed E-state index contributed by atoms with van der Waals surface area (Å²) in [6, 6.07) is -1.10. The molecule has 0 bridgehead atoms. The summed E-state index contributed by atoms with van der Waals surface area (Å²) in [5.74, 6) is -0.669. The van der Waals surface area contributed by atoms with Crippen molar-refractivity contribution in [2.75, 3.05) is 6.61 Å². The number of halogens is 2. The third kappa shape index (κ3) is 3.45. The third-order valence-electron chi connectivity index (χ3n) is 0.906. The minimum atomic E-state index is -1.10. The zero-order chi connectivity index (χ0) is 8.85. The molecule has 0 heterocycles. The van der Waals surface area contributed by atoms with Crippen LogP contribution in [-0.4, -0.2) is 23.5 Å². The molecule has 0 aromatic carbocycles. The number of rotatable bonds is 3. The summed E-state index contributed by atoms with van der Waals surface area (Å²) in [7, 11) is 0. The zero-order valence-corrected chi connectivity index (χ0v) is 7.39. The maximum absolute atomic E-state index is 10.8. The van der Waals surface area contributed by atoms with Crippen molar-refractivity contribution in [3.63, 3.8) is 0 Å². The number of hydrogen-bond donors (Lipinski definition) is 0. The van der Waals surface area contributed by atoms with Gasteiger partial charge in [0.05, 0.1) is 6.61 Å². The lowest BCUT2D eigenvalue weighted by molar-refractivity contribution is -0.143. The monoisotopic (exact) mass is 195 g/mol. The van der Waals surface area contributed by atoms with Gasteiger partial charge in [0.1, 0.15) is 0 Å². The molecule has 0 radical (unpaired) electrons. The van der Waals surface area contributed by atoms with Gasteiger partial charge in [-0.2, -0.15) is 0 Å². The number of alkyl halides is 2. The minimum absolute atomic E-state index is 0.228. The molecule has 62 valence electrons. The van der Waals surface area contributed by atoms with Gasteiger partial charge in [0.25, 0.3) is 0 Å². The van der Waals surface area contributed by atoms with Gasteiger partial charge in [0.2, 0.25) is 0 Å². The van der Waals surface area contributed by atoms with Crippen LogP contribution < -0.4 is 0 Å². The molecule has 0 rings (SSSR count). The highest BCUT2D eigenvalue weighted by molar-refractivity contribution is 6.46. The van der Waals surface area contributed by atoms with Gasteiger partial charge in [-0.25, -0.2) is 11.4 Å². The van der Waals surface area contributed by atoms with Crippen LogP contribution in [0.3, 0.4) is 0 Å². The van der Waals surface area contributed by atoms with Crippen molar-refractivity contribution >= 4 is 29.2 Å². The normalized spacial score (nSPS) is 12.3. The summed E-state index contributed by atoms with van der Waals surface area (Å²) in [6.07, 6.45) is 0. The Hall–Kier alpha value is -0.460.